The average Bonchev–Trinajstić information content (AvgIpc) is 2.39. The molecule has 0 heterocycles. The molecule has 0 bridgehead atoms. The van der Waals surface area contributed by atoms with E-state index in [0.29, 0.717) is 34.2 Å². The fourth-order valence-corrected chi connectivity index (χ4v) is 3.53. The highest BCUT2D eigenvalue weighted by atomic mass is 35.5. The smallest absolute Gasteiger partial charge is 0.180 e. The zero-order valence-corrected chi connectivity index (χ0v) is 13.8. The number of hydrogen-bond donors (Lipinski definition) is 0. The Balaban J connectivity index is 2.20. The lowest BCUT2D eigenvalue weighted by Crippen LogP contribution is -2.28. The summed E-state index contributed by atoms with van der Waals surface area (Å²) in [5.74, 6) is 3.10. The molecule has 1 saturated carbocycles. The number of ether oxygens (including phenoxy) is 2. The molecule has 2 rings (SSSR count). The molecule has 0 radical (unpaired) electrons. The van der Waals surface area contributed by atoms with Crippen molar-refractivity contribution in [2.24, 2.45) is 11.8 Å². The highest BCUT2D eigenvalue weighted by molar-refractivity contribution is 6.32. The van der Waals surface area contributed by atoms with Crippen molar-refractivity contribution in [1.29, 1.82) is 0 Å². The lowest BCUT2D eigenvalue weighted by Gasteiger charge is -2.32. The van der Waals surface area contributed by atoms with Crippen molar-refractivity contribution in [2.45, 2.75) is 45.1 Å². The SMILES string of the molecule is COc1cc(CCl)cc(Cl)c1OC1CC(C)CC(C)C1. The first-order chi connectivity index (χ1) is 9.53. The zero-order chi connectivity index (χ0) is 14.7. The lowest BCUT2D eigenvalue weighted by atomic mass is 9.82. The molecule has 4 heteroatoms. The molecule has 1 aliphatic carbocycles. The molecule has 20 heavy (non-hydrogen) atoms. The molecule has 1 aromatic rings. The molecule has 0 spiro atoms. The van der Waals surface area contributed by atoms with E-state index in [1.54, 1.807) is 7.11 Å². The third-order valence-electron chi connectivity index (χ3n) is 3.86. The summed E-state index contributed by atoms with van der Waals surface area (Å²) in [6, 6.07) is 3.74. The molecule has 112 valence electrons. The van der Waals surface area contributed by atoms with Gasteiger partial charge in [0.15, 0.2) is 11.5 Å². The normalized spacial score (nSPS) is 26.4. The van der Waals surface area contributed by atoms with Crippen LogP contribution in [-0.4, -0.2) is 13.2 Å². The highest BCUT2D eigenvalue weighted by Crippen LogP contribution is 2.40. The molecule has 1 aliphatic rings. The fraction of sp³-hybridized carbons (Fsp3) is 0.625. The number of benzene rings is 1. The van der Waals surface area contributed by atoms with Crippen LogP contribution in [0.4, 0.5) is 0 Å². The number of rotatable bonds is 4. The van der Waals surface area contributed by atoms with Gasteiger partial charge in [-0.2, -0.15) is 0 Å². The summed E-state index contributed by atoms with van der Waals surface area (Å²) in [6.45, 7) is 4.56. The summed E-state index contributed by atoms with van der Waals surface area (Å²) in [5, 5.41) is 0.575. The molecule has 0 amide bonds. The van der Waals surface area contributed by atoms with Crippen molar-refractivity contribution < 1.29 is 9.47 Å². The minimum Gasteiger partial charge on any atom is -0.493 e. The van der Waals surface area contributed by atoms with E-state index in [1.165, 1.54) is 6.42 Å². The standard InChI is InChI=1S/C16H22Cl2O2/c1-10-4-11(2)6-13(5-10)20-16-14(18)7-12(9-17)8-15(16)19-3/h7-8,10-11,13H,4-6,9H2,1-3H3. The highest BCUT2D eigenvalue weighted by Gasteiger charge is 2.27. The molecule has 0 saturated heterocycles. The molecule has 0 aliphatic heterocycles. The van der Waals surface area contributed by atoms with Crippen molar-refractivity contribution in [3.05, 3.63) is 22.7 Å². The Morgan fingerprint density at radius 1 is 1.15 bits per heavy atom. The second kappa shape index (κ2) is 6.91. The Bertz CT molecular complexity index is 452. The largest absolute Gasteiger partial charge is 0.493 e. The Morgan fingerprint density at radius 3 is 2.35 bits per heavy atom. The monoisotopic (exact) mass is 316 g/mol. The lowest BCUT2D eigenvalue weighted by molar-refractivity contribution is 0.0980. The Labute approximate surface area is 131 Å². The van der Waals surface area contributed by atoms with Crippen LogP contribution in [0.15, 0.2) is 12.1 Å². The molecular weight excluding hydrogens is 295 g/mol. The summed E-state index contributed by atoms with van der Waals surface area (Å²) in [4.78, 5) is 0. The maximum absolute atomic E-state index is 6.32. The molecule has 0 N–H and O–H groups in total. The van der Waals surface area contributed by atoms with Crippen LogP contribution in [0, 0.1) is 11.8 Å². The van der Waals surface area contributed by atoms with Crippen LogP contribution in [0.3, 0.4) is 0 Å². The van der Waals surface area contributed by atoms with Crippen LogP contribution in [0.1, 0.15) is 38.7 Å². The van der Waals surface area contributed by atoms with E-state index >= 15 is 0 Å². The van der Waals surface area contributed by atoms with Crippen LogP contribution in [0.2, 0.25) is 5.02 Å². The van der Waals surface area contributed by atoms with Crippen molar-refractivity contribution in [3.8, 4) is 11.5 Å². The van der Waals surface area contributed by atoms with Gasteiger partial charge in [-0.3, -0.25) is 0 Å². The minimum absolute atomic E-state index is 0.210. The van der Waals surface area contributed by atoms with Gasteiger partial charge in [0.1, 0.15) is 0 Å². The van der Waals surface area contributed by atoms with Crippen molar-refractivity contribution in [1.82, 2.24) is 0 Å². The summed E-state index contributed by atoms with van der Waals surface area (Å²) in [6.07, 6.45) is 3.62. The first-order valence-electron chi connectivity index (χ1n) is 7.12. The second-order valence-electron chi connectivity index (χ2n) is 5.90. The molecule has 2 unspecified atom stereocenters. The van der Waals surface area contributed by atoms with Gasteiger partial charge in [-0.15, -0.1) is 11.6 Å². The predicted octanol–water partition coefficient (Wildman–Crippen LogP) is 5.29. The van der Waals surface area contributed by atoms with Crippen molar-refractivity contribution in [3.63, 3.8) is 0 Å². The topological polar surface area (TPSA) is 18.5 Å². The Kier molecular flexibility index (Phi) is 5.45. The van der Waals surface area contributed by atoms with E-state index < -0.39 is 0 Å². The number of alkyl halides is 1. The summed E-state index contributed by atoms with van der Waals surface area (Å²) in [7, 11) is 1.63. The quantitative estimate of drug-likeness (QED) is 0.702. The van der Waals surface area contributed by atoms with Gasteiger partial charge >= 0.3 is 0 Å². The van der Waals surface area contributed by atoms with Gasteiger partial charge in [0.2, 0.25) is 0 Å². The fourth-order valence-electron chi connectivity index (χ4n) is 3.10. The number of halogens is 2. The summed E-state index contributed by atoms with van der Waals surface area (Å²) in [5.41, 5.74) is 0.936. The van der Waals surface area contributed by atoms with Gasteiger partial charge in [0, 0.05) is 5.88 Å². The molecule has 2 nitrogen and oxygen atoms in total. The van der Waals surface area contributed by atoms with Crippen LogP contribution in [-0.2, 0) is 5.88 Å². The van der Waals surface area contributed by atoms with Gasteiger partial charge in [-0.1, -0.05) is 25.4 Å². The molecule has 2 atom stereocenters. The third-order valence-corrected chi connectivity index (χ3v) is 4.45. The number of methoxy groups -OCH3 is 1. The second-order valence-corrected chi connectivity index (χ2v) is 6.57. The van der Waals surface area contributed by atoms with E-state index in [0.717, 1.165) is 18.4 Å². The maximum Gasteiger partial charge on any atom is 0.180 e. The Morgan fingerprint density at radius 2 is 1.80 bits per heavy atom. The first kappa shape index (κ1) is 15.8. The number of hydrogen-bond acceptors (Lipinski definition) is 2. The van der Waals surface area contributed by atoms with Crippen LogP contribution < -0.4 is 9.47 Å². The Hall–Kier alpha value is -0.600. The van der Waals surface area contributed by atoms with Gasteiger partial charge in [0.05, 0.1) is 18.2 Å². The van der Waals surface area contributed by atoms with Crippen LogP contribution in [0.5, 0.6) is 11.5 Å². The van der Waals surface area contributed by atoms with E-state index in [2.05, 4.69) is 13.8 Å². The van der Waals surface area contributed by atoms with Gasteiger partial charge in [-0.05, 0) is 48.8 Å². The van der Waals surface area contributed by atoms with Crippen LogP contribution >= 0.6 is 23.2 Å². The van der Waals surface area contributed by atoms with Crippen molar-refractivity contribution >= 4 is 23.2 Å². The van der Waals surface area contributed by atoms with Gasteiger partial charge < -0.3 is 9.47 Å². The van der Waals surface area contributed by atoms with E-state index in [1.807, 2.05) is 12.1 Å². The van der Waals surface area contributed by atoms with Crippen molar-refractivity contribution in [2.75, 3.05) is 7.11 Å². The average molecular weight is 317 g/mol. The van der Waals surface area contributed by atoms with E-state index in [9.17, 15) is 0 Å². The van der Waals surface area contributed by atoms with Crippen LogP contribution in [0.25, 0.3) is 0 Å². The minimum atomic E-state index is 0.210. The molecule has 1 fully saturated rings. The first-order valence-corrected chi connectivity index (χ1v) is 8.03. The predicted molar refractivity (Wildman–Crippen MR) is 84.2 cm³/mol. The molecule has 0 aromatic heterocycles. The van der Waals surface area contributed by atoms with E-state index in [-0.39, 0.29) is 6.10 Å². The zero-order valence-electron chi connectivity index (χ0n) is 12.3. The maximum atomic E-state index is 6.32. The molecule has 1 aromatic carbocycles. The van der Waals surface area contributed by atoms with Gasteiger partial charge in [0.25, 0.3) is 0 Å². The summed E-state index contributed by atoms with van der Waals surface area (Å²) < 4.78 is 11.5. The molecular formula is C16H22Cl2O2. The third kappa shape index (κ3) is 3.73. The van der Waals surface area contributed by atoms with E-state index in [4.69, 9.17) is 32.7 Å². The van der Waals surface area contributed by atoms with Gasteiger partial charge in [-0.25, -0.2) is 0 Å². The summed E-state index contributed by atoms with van der Waals surface area (Å²) >= 11 is 12.2.